The van der Waals surface area contributed by atoms with Crippen LogP contribution in [0, 0.1) is 0 Å². The number of thiazole rings is 1. The van der Waals surface area contributed by atoms with Crippen LogP contribution in [-0.2, 0) is 6.61 Å². The first-order valence-electron chi connectivity index (χ1n) is 9.68. The quantitative estimate of drug-likeness (QED) is 0.314. The van der Waals surface area contributed by atoms with E-state index in [0.29, 0.717) is 44.5 Å². The van der Waals surface area contributed by atoms with Crippen LogP contribution in [0.1, 0.15) is 5.69 Å². The molecule has 5 aromatic heterocycles. The predicted molar refractivity (Wildman–Crippen MR) is 121 cm³/mol. The minimum atomic E-state index is 0.275. The topological polar surface area (TPSA) is 110 Å². The molecular formula is C21H15N5O5S2. The van der Waals surface area contributed by atoms with Gasteiger partial charge < -0.3 is 23.0 Å². The average Bonchev–Trinajstić information content (AvgIpc) is 3.63. The highest BCUT2D eigenvalue weighted by molar-refractivity contribution is 7.18. The highest BCUT2D eigenvalue weighted by Crippen LogP contribution is 2.37. The summed E-state index contributed by atoms with van der Waals surface area (Å²) in [6, 6.07) is 5.54. The van der Waals surface area contributed by atoms with Crippen molar-refractivity contribution in [3.63, 3.8) is 0 Å². The summed E-state index contributed by atoms with van der Waals surface area (Å²) in [6.45, 7) is 0.275. The maximum absolute atomic E-state index is 6.11. The third kappa shape index (κ3) is 3.58. The average molecular weight is 482 g/mol. The van der Waals surface area contributed by atoms with Crippen LogP contribution >= 0.6 is 22.7 Å². The van der Waals surface area contributed by atoms with Crippen LogP contribution in [0.5, 0.6) is 16.7 Å². The molecule has 0 radical (unpaired) electrons. The summed E-state index contributed by atoms with van der Waals surface area (Å²) < 4.78 is 29.7. The lowest BCUT2D eigenvalue weighted by atomic mass is 10.2. The lowest BCUT2D eigenvalue weighted by Crippen LogP contribution is -1.96. The monoisotopic (exact) mass is 481 g/mol. The number of methoxy groups -OCH3 is 2. The maximum atomic E-state index is 6.11. The minimum Gasteiger partial charge on any atom is -0.496 e. The van der Waals surface area contributed by atoms with E-state index in [1.807, 2.05) is 23.6 Å². The summed E-state index contributed by atoms with van der Waals surface area (Å²) in [5.41, 5.74) is 2.07. The van der Waals surface area contributed by atoms with E-state index in [4.69, 9.17) is 23.0 Å². The van der Waals surface area contributed by atoms with Crippen molar-refractivity contribution in [1.29, 1.82) is 0 Å². The SMILES string of the molecule is COc1cc(OCc2csc(-c3cnco3)n2)c2cc(-c3cn4nc(OC)sc4n3)oc2c1. The second-order valence-corrected chi connectivity index (χ2v) is 8.65. The number of ether oxygens (including phenoxy) is 3. The van der Waals surface area contributed by atoms with E-state index in [9.17, 15) is 0 Å². The zero-order valence-electron chi connectivity index (χ0n) is 17.3. The molecule has 0 saturated heterocycles. The van der Waals surface area contributed by atoms with Crippen molar-refractivity contribution in [2.24, 2.45) is 0 Å². The smallest absolute Gasteiger partial charge is 0.294 e. The molecular weight excluding hydrogens is 466 g/mol. The first-order chi connectivity index (χ1) is 16.2. The zero-order chi connectivity index (χ0) is 22.4. The van der Waals surface area contributed by atoms with E-state index in [0.717, 1.165) is 16.1 Å². The molecule has 0 spiro atoms. The lowest BCUT2D eigenvalue weighted by molar-refractivity contribution is 0.303. The molecule has 0 aliphatic rings. The molecule has 0 atom stereocenters. The summed E-state index contributed by atoms with van der Waals surface area (Å²) >= 11 is 2.82. The van der Waals surface area contributed by atoms with Crippen LogP contribution in [0.2, 0.25) is 0 Å². The molecule has 0 amide bonds. The van der Waals surface area contributed by atoms with Gasteiger partial charge in [0.1, 0.15) is 29.4 Å². The Morgan fingerprint density at radius 2 is 2.03 bits per heavy atom. The number of oxazole rings is 1. The summed E-state index contributed by atoms with van der Waals surface area (Å²) in [5.74, 6) is 2.47. The molecule has 0 aliphatic heterocycles. The molecule has 6 rings (SSSR count). The Morgan fingerprint density at radius 1 is 1.09 bits per heavy atom. The van der Waals surface area contributed by atoms with Crippen LogP contribution in [0.3, 0.4) is 0 Å². The lowest BCUT2D eigenvalue weighted by Gasteiger charge is -2.07. The highest BCUT2D eigenvalue weighted by Gasteiger charge is 2.17. The molecule has 0 saturated carbocycles. The van der Waals surface area contributed by atoms with Crippen molar-refractivity contribution < 1.29 is 23.0 Å². The highest BCUT2D eigenvalue weighted by atomic mass is 32.1. The summed E-state index contributed by atoms with van der Waals surface area (Å²) in [6.07, 6.45) is 4.81. The van der Waals surface area contributed by atoms with E-state index in [2.05, 4.69) is 20.1 Å². The maximum Gasteiger partial charge on any atom is 0.294 e. The van der Waals surface area contributed by atoms with Crippen LogP contribution < -0.4 is 14.2 Å². The first-order valence-corrected chi connectivity index (χ1v) is 11.4. The summed E-state index contributed by atoms with van der Waals surface area (Å²) in [4.78, 5) is 13.8. The van der Waals surface area contributed by atoms with E-state index < -0.39 is 0 Å². The molecule has 0 fully saturated rings. The van der Waals surface area contributed by atoms with Crippen molar-refractivity contribution >= 4 is 38.6 Å². The Morgan fingerprint density at radius 3 is 2.82 bits per heavy atom. The van der Waals surface area contributed by atoms with Gasteiger partial charge in [-0.25, -0.2) is 19.5 Å². The normalized spacial score (nSPS) is 11.5. The fraction of sp³-hybridized carbons (Fsp3) is 0.143. The molecule has 33 heavy (non-hydrogen) atoms. The van der Waals surface area contributed by atoms with Crippen molar-refractivity contribution in [3.05, 3.63) is 48.1 Å². The van der Waals surface area contributed by atoms with Crippen LogP contribution in [0.4, 0.5) is 0 Å². The molecule has 0 bridgehead atoms. The van der Waals surface area contributed by atoms with Crippen LogP contribution in [0.25, 0.3) is 38.2 Å². The largest absolute Gasteiger partial charge is 0.496 e. The van der Waals surface area contributed by atoms with Crippen LogP contribution in [-0.4, -0.2) is 38.8 Å². The van der Waals surface area contributed by atoms with E-state index >= 15 is 0 Å². The molecule has 1 aromatic carbocycles. The minimum absolute atomic E-state index is 0.275. The van der Waals surface area contributed by atoms with Crippen LogP contribution in [0.15, 0.2) is 51.2 Å². The van der Waals surface area contributed by atoms with Gasteiger partial charge in [0, 0.05) is 17.5 Å². The summed E-state index contributed by atoms with van der Waals surface area (Å²) in [5, 5.41) is 8.33. The number of benzene rings is 1. The standard InChI is InChI=1S/C21H15N5O5S2/c1-27-12-3-15(29-8-11-9-32-19(23-11)18-6-22-10-30-18)13-5-17(31-16(13)4-12)14-7-26-20(24-14)33-21(25-26)28-2/h3-7,9-10H,8H2,1-2H3. The second kappa shape index (κ2) is 7.90. The van der Waals surface area contributed by atoms with Gasteiger partial charge in [-0.15, -0.1) is 16.4 Å². The van der Waals surface area contributed by atoms with Gasteiger partial charge >= 0.3 is 0 Å². The number of hydrogen-bond acceptors (Lipinski definition) is 11. The number of aromatic nitrogens is 5. The molecule has 0 aliphatic carbocycles. The summed E-state index contributed by atoms with van der Waals surface area (Å²) in [7, 11) is 3.18. The van der Waals surface area contributed by atoms with Gasteiger partial charge in [0.05, 0.1) is 37.7 Å². The Labute approximate surface area is 194 Å². The van der Waals surface area contributed by atoms with E-state index in [1.54, 1.807) is 31.1 Å². The van der Waals surface area contributed by atoms with Gasteiger partial charge in [-0.3, -0.25) is 0 Å². The van der Waals surface area contributed by atoms with Gasteiger partial charge in [0.2, 0.25) is 4.96 Å². The third-order valence-corrected chi connectivity index (χ3v) is 6.62. The number of rotatable bonds is 7. The van der Waals surface area contributed by atoms with Crippen molar-refractivity contribution in [3.8, 4) is 38.9 Å². The van der Waals surface area contributed by atoms with Gasteiger partial charge in [0.15, 0.2) is 22.9 Å². The number of hydrogen-bond donors (Lipinski definition) is 0. The molecule has 0 unspecified atom stereocenters. The number of nitrogens with zero attached hydrogens (tertiary/aromatic N) is 5. The Balaban J connectivity index is 1.31. The Bertz CT molecular complexity index is 1530. The van der Waals surface area contributed by atoms with Crippen molar-refractivity contribution in [2.75, 3.05) is 14.2 Å². The van der Waals surface area contributed by atoms with Crippen molar-refractivity contribution in [1.82, 2.24) is 24.6 Å². The van der Waals surface area contributed by atoms with E-state index in [1.165, 1.54) is 29.1 Å². The number of imidazole rings is 1. The van der Waals surface area contributed by atoms with E-state index in [-0.39, 0.29) is 6.61 Å². The molecule has 6 aromatic rings. The van der Waals surface area contributed by atoms with Crippen molar-refractivity contribution in [2.45, 2.75) is 6.61 Å². The first kappa shape index (κ1) is 19.8. The van der Waals surface area contributed by atoms with Gasteiger partial charge in [-0.1, -0.05) is 0 Å². The predicted octanol–water partition coefficient (Wildman–Crippen LogP) is 4.91. The second-order valence-electron chi connectivity index (χ2n) is 6.87. The number of furan rings is 1. The molecule has 0 N–H and O–H groups in total. The molecule has 5 heterocycles. The third-order valence-electron chi connectivity index (χ3n) is 4.83. The van der Waals surface area contributed by atoms with Gasteiger partial charge in [-0.05, 0) is 17.4 Å². The Kier molecular flexibility index (Phi) is 4.73. The molecule has 10 nitrogen and oxygen atoms in total. The fourth-order valence-electron chi connectivity index (χ4n) is 3.29. The zero-order valence-corrected chi connectivity index (χ0v) is 19.0. The molecule has 12 heteroatoms. The number of fused-ring (bicyclic) bond motifs is 2. The van der Waals surface area contributed by atoms with Gasteiger partial charge in [0.25, 0.3) is 5.19 Å². The molecule has 166 valence electrons. The fourth-order valence-corrected chi connectivity index (χ4v) is 4.74. The van der Waals surface area contributed by atoms with Gasteiger partial charge in [-0.2, -0.15) is 0 Å². The Hall–Kier alpha value is -3.90.